The second-order valence-electron chi connectivity index (χ2n) is 4.37. The molecule has 21 heavy (non-hydrogen) atoms. The summed E-state index contributed by atoms with van der Waals surface area (Å²) < 4.78 is 6.26. The molecular formula is C12H11N5OS3. The van der Waals surface area contributed by atoms with E-state index < -0.39 is 0 Å². The first-order valence-electron chi connectivity index (χ1n) is 6.42. The van der Waals surface area contributed by atoms with Gasteiger partial charge >= 0.3 is 0 Å². The monoisotopic (exact) mass is 337 g/mol. The number of nitrogens with zero attached hydrogens (tertiary/aromatic N) is 5. The summed E-state index contributed by atoms with van der Waals surface area (Å²) in [5, 5.41) is 13.6. The number of anilines is 1. The summed E-state index contributed by atoms with van der Waals surface area (Å²) in [6.07, 6.45) is 1.60. The van der Waals surface area contributed by atoms with Gasteiger partial charge in [0.25, 0.3) is 0 Å². The topological polar surface area (TPSA) is 64.0 Å². The molecule has 0 unspecified atom stereocenters. The minimum Gasteiger partial charge on any atom is -0.378 e. The molecule has 1 fully saturated rings. The first kappa shape index (κ1) is 13.4. The molecule has 4 heterocycles. The van der Waals surface area contributed by atoms with Crippen LogP contribution in [0.1, 0.15) is 0 Å². The predicted octanol–water partition coefficient (Wildman–Crippen LogP) is 2.53. The zero-order valence-corrected chi connectivity index (χ0v) is 13.4. The Kier molecular flexibility index (Phi) is 3.72. The van der Waals surface area contributed by atoms with Crippen molar-refractivity contribution in [2.24, 2.45) is 0 Å². The fourth-order valence-electron chi connectivity index (χ4n) is 2.06. The zero-order valence-electron chi connectivity index (χ0n) is 10.9. The van der Waals surface area contributed by atoms with Gasteiger partial charge in [-0.2, -0.15) is 0 Å². The summed E-state index contributed by atoms with van der Waals surface area (Å²) >= 11 is 4.77. The van der Waals surface area contributed by atoms with E-state index in [0.717, 1.165) is 51.0 Å². The Morgan fingerprint density at radius 1 is 1.19 bits per heavy atom. The van der Waals surface area contributed by atoms with Gasteiger partial charge in [0.2, 0.25) is 5.13 Å². The maximum absolute atomic E-state index is 5.36. The summed E-state index contributed by atoms with van der Waals surface area (Å²) in [4.78, 5) is 11.8. The molecule has 3 aromatic rings. The second kappa shape index (κ2) is 5.84. The fourth-order valence-corrected chi connectivity index (χ4v) is 4.73. The normalized spacial score (nSPS) is 15.7. The molecule has 0 aromatic carbocycles. The van der Waals surface area contributed by atoms with Crippen LogP contribution < -0.4 is 4.90 Å². The van der Waals surface area contributed by atoms with E-state index >= 15 is 0 Å². The van der Waals surface area contributed by atoms with E-state index in [2.05, 4.69) is 25.1 Å². The number of thiophene rings is 1. The Morgan fingerprint density at radius 3 is 3.00 bits per heavy atom. The first-order valence-corrected chi connectivity index (χ1v) is 8.94. The van der Waals surface area contributed by atoms with Crippen LogP contribution in [0.3, 0.4) is 0 Å². The van der Waals surface area contributed by atoms with Gasteiger partial charge < -0.3 is 9.64 Å². The van der Waals surface area contributed by atoms with Gasteiger partial charge in [0.15, 0.2) is 4.34 Å². The molecule has 0 aliphatic carbocycles. The van der Waals surface area contributed by atoms with E-state index in [9.17, 15) is 0 Å². The van der Waals surface area contributed by atoms with Gasteiger partial charge in [-0.25, -0.2) is 9.97 Å². The number of aromatic nitrogens is 4. The molecule has 1 aliphatic rings. The molecule has 9 heteroatoms. The van der Waals surface area contributed by atoms with Crippen molar-refractivity contribution in [2.75, 3.05) is 31.2 Å². The number of hydrogen-bond acceptors (Lipinski definition) is 9. The van der Waals surface area contributed by atoms with Crippen molar-refractivity contribution in [1.29, 1.82) is 0 Å². The standard InChI is InChI=1S/C12H11N5OS3/c1-6-19-9-8(1)10(14-7-13-9)20-12-16-15-11(21-12)17-2-4-18-5-3-17/h1,6-7H,2-5H2. The van der Waals surface area contributed by atoms with Gasteiger partial charge in [0.1, 0.15) is 16.2 Å². The van der Waals surface area contributed by atoms with Crippen LogP contribution in [0.15, 0.2) is 27.1 Å². The van der Waals surface area contributed by atoms with E-state index in [-0.39, 0.29) is 0 Å². The molecule has 0 saturated carbocycles. The number of ether oxygens (including phenoxy) is 1. The van der Waals surface area contributed by atoms with Crippen LogP contribution >= 0.6 is 34.4 Å². The maximum Gasteiger partial charge on any atom is 0.209 e. The van der Waals surface area contributed by atoms with Gasteiger partial charge in [0, 0.05) is 18.5 Å². The lowest BCUT2D eigenvalue weighted by Crippen LogP contribution is -2.36. The molecule has 4 rings (SSSR count). The molecule has 0 amide bonds. The molecule has 0 radical (unpaired) electrons. The van der Waals surface area contributed by atoms with Crippen molar-refractivity contribution >= 4 is 49.8 Å². The molecule has 0 spiro atoms. The number of fused-ring (bicyclic) bond motifs is 1. The molecule has 0 bridgehead atoms. The van der Waals surface area contributed by atoms with Gasteiger partial charge in [-0.3, -0.25) is 0 Å². The Labute approximate surface area is 133 Å². The van der Waals surface area contributed by atoms with Gasteiger partial charge in [-0.15, -0.1) is 21.5 Å². The smallest absolute Gasteiger partial charge is 0.209 e. The number of hydrogen-bond donors (Lipinski definition) is 0. The zero-order chi connectivity index (χ0) is 14.1. The van der Waals surface area contributed by atoms with Gasteiger partial charge in [-0.1, -0.05) is 11.3 Å². The summed E-state index contributed by atoms with van der Waals surface area (Å²) in [6, 6.07) is 2.05. The lowest BCUT2D eigenvalue weighted by Gasteiger charge is -2.25. The van der Waals surface area contributed by atoms with E-state index in [1.54, 1.807) is 40.8 Å². The quantitative estimate of drug-likeness (QED) is 0.680. The summed E-state index contributed by atoms with van der Waals surface area (Å²) in [5.74, 6) is 0. The highest BCUT2D eigenvalue weighted by Crippen LogP contribution is 2.36. The molecule has 108 valence electrons. The van der Waals surface area contributed by atoms with Crippen LogP contribution in [0, 0.1) is 0 Å². The van der Waals surface area contributed by atoms with Crippen molar-refractivity contribution in [3.05, 3.63) is 17.8 Å². The SMILES string of the molecule is c1nc(Sc2nnc(N3CCOCC3)s2)c2ccsc2n1. The van der Waals surface area contributed by atoms with Crippen molar-refractivity contribution in [3.63, 3.8) is 0 Å². The molecule has 1 saturated heterocycles. The average Bonchev–Trinajstić information content (AvgIpc) is 3.17. The van der Waals surface area contributed by atoms with Crippen LogP contribution in [0.25, 0.3) is 10.2 Å². The Bertz CT molecular complexity index is 752. The first-order chi connectivity index (χ1) is 10.4. The van der Waals surface area contributed by atoms with Crippen LogP contribution in [0.4, 0.5) is 5.13 Å². The van der Waals surface area contributed by atoms with E-state index in [0.29, 0.717) is 0 Å². The third-order valence-corrected chi connectivity index (χ3v) is 5.96. The fraction of sp³-hybridized carbons (Fsp3) is 0.333. The summed E-state index contributed by atoms with van der Waals surface area (Å²) in [7, 11) is 0. The molecule has 6 nitrogen and oxygen atoms in total. The molecular weight excluding hydrogens is 326 g/mol. The van der Waals surface area contributed by atoms with Gasteiger partial charge in [0.05, 0.1) is 13.2 Å². The van der Waals surface area contributed by atoms with Gasteiger partial charge in [-0.05, 0) is 23.2 Å². The maximum atomic E-state index is 5.36. The predicted molar refractivity (Wildman–Crippen MR) is 84.5 cm³/mol. The molecule has 0 atom stereocenters. The minimum atomic E-state index is 0.753. The summed E-state index contributed by atoms with van der Waals surface area (Å²) in [5.41, 5.74) is 0. The average molecular weight is 337 g/mol. The Hall–Kier alpha value is -1.29. The minimum absolute atomic E-state index is 0.753. The van der Waals surface area contributed by atoms with E-state index in [4.69, 9.17) is 4.74 Å². The molecule has 1 aliphatic heterocycles. The second-order valence-corrected chi connectivity index (χ2v) is 7.46. The molecule has 3 aromatic heterocycles. The highest BCUT2D eigenvalue weighted by Gasteiger charge is 2.17. The van der Waals surface area contributed by atoms with Crippen molar-refractivity contribution in [2.45, 2.75) is 9.37 Å². The highest BCUT2D eigenvalue weighted by atomic mass is 32.2. The lowest BCUT2D eigenvalue weighted by atomic mass is 10.4. The third kappa shape index (κ3) is 2.73. The van der Waals surface area contributed by atoms with E-state index in [1.165, 1.54) is 0 Å². The third-order valence-electron chi connectivity index (χ3n) is 3.09. The Balaban J connectivity index is 1.57. The number of morpholine rings is 1. The summed E-state index contributed by atoms with van der Waals surface area (Å²) in [6.45, 7) is 3.26. The van der Waals surface area contributed by atoms with Crippen LogP contribution in [0.2, 0.25) is 0 Å². The van der Waals surface area contributed by atoms with Crippen molar-refractivity contribution < 1.29 is 4.74 Å². The number of rotatable bonds is 3. The highest BCUT2D eigenvalue weighted by molar-refractivity contribution is 8.01. The lowest BCUT2D eigenvalue weighted by molar-refractivity contribution is 0.122. The van der Waals surface area contributed by atoms with Crippen LogP contribution in [-0.2, 0) is 4.74 Å². The van der Waals surface area contributed by atoms with Crippen molar-refractivity contribution in [3.8, 4) is 0 Å². The largest absolute Gasteiger partial charge is 0.378 e. The Morgan fingerprint density at radius 2 is 2.10 bits per heavy atom. The molecule has 0 N–H and O–H groups in total. The van der Waals surface area contributed by atoms with Crippen LogP contribution in [-0.4, -0.2) is 46.5 Å². The van der Waals surface area contributed by atoms with Crippen molar-refractivity contribution in [1.82, 2.24) is 20.2 Å². The van der Waals surface area contributed by atoms with Crippen LogP contribution in [0.5, 0.6) is 0 Å². The van der Waals surface area contributed by atoms with E-state index in [1.807, 2.05) is 11.4 Å².